The number of aliphatic carboxylic acids is 1. The van der Waals surface area contributed by atoms with Crippen LogP contribution in [0.1, 0.15) is 23.7 Å². The average Bonchev–Trinajstić information content (AvgIpc) is 2.45. The van der Waals surface area contributed by atoms with E-state index in [4.69, 9.17) is 14.6 Å². The molecule has 1 unspecified atom stereocenters. The summed E-state index contributed by atoms with van der Waals surface area (Å²) in [6.07, 6.45) is 0.0201. The van der Waals surface area contributed by atoms with E-state index < -0.39 is 5.97 Å². The molecule has 1 aromatic carbocycles. The van der Waals surface area contributed by atoms with Crippen molar-refractivity contribution in [2.75, 3.05) is 26.9 Å². The number of para-hydroxylation sites is 1. The minimum Gasteiger partial charge on any atom is -0.490 e. The van der Waals surface area contributed by atoms with E-state index in [1.165, 1.54) is 0 Å². The molecular formula is C15H21NO5. The lowest BCUT2D eigenvalue weighted by Gasteiger charge is -2.13. The number of carboxylic acids is 1. The molecule has 0 aliphatic rings. The van der Waals surface area contributed by atoms with E-state index in [0.717, 1.165) is 0 Å². The van der Waals surface area contributed by atoms with E-state index in [9.17, 15) is 9.59 Å². The molecule has 116 valence electrons. The maximum absolute atomic E-state index is 12.1. The van der Waals surface area contributed by atoms with Crippen molar-refractivity contribution in [3.63, 3.8) is 0 Å². The Hall–Kier alpha value is -2.08. The molecular weight excluding hydrogens is 274 g/mol. The molecule has 0 saturated heterocycles. The number of carboxylic acid groups (broad SMARTS) is 1. The van der Waals surface area contributed by atoms with Gasteiger partial charge in [-0.2, -0.15) is 0 Å². The van der Waals surface area contributed by atoms with E-state index in [1.807, 2.05) is 0 Å². The zero-order chi connectivity index (χ0) is 15.7. The fourth-order valence-corrected chi connectivity index (χ4v) is 1.75. The average molecular weight is 295 g/mol. The van der Waals surface area contributed by atoms with Crippen molar-refractivity contribution in [2.24, 2.45) is 5.92 Å². The summed E-state index contributed by atoms with van der Waals surface area (Å²) in [4.78, 5) is 22.7. The van der Waals surface area contributed by atoms with Gasteiger partial charge in [-0.25, -0.2) is 0 Å². The molecule has 0 aliphatic carbocycles. The molecule has 1 amide bonds. The van der Waals surface area contributed by atoms with E-state index >= 15 is 0 Å². The van der Waals surface area contributed by atoms with Crippen LogP contribution in [0.3, 0.4) is 0 Å². The Bertz CT molecular complexity index is 475. The van der Waals surface area contributed by atoms with Gasteiger partial charge in [0.25, 0.3) is 5.91 Å². The van der Waals surface area contributed by atoms with Crippen molar-refractivity contribution >= 4 is 11.9 Å². The summed E-state index contributed by atoms with van der Waals surface area (Å²) in [5.41, 5.74) is 0.427. The molecule has 21 heavy (non-hydrogen) atoms. The van der Waals surface area contributed by atoms with Gasteiger partial charge < -0.3 is 19.9 Å². The highest BCUT2D eigenvalue weighted by molar-refractivity contribution is 5.96. The molecule has 0 aromatic heterocycles. The lowest BCUT2D eigenvalue weighted by atomic mass is 10.1. The van der Waals surface area contributed by atoms with Crippen LogP contribution in [0.15, 0.2) is 24.3 Å². The Labute approximate surface area is 124 Å². The lowest BCUT2D eigenvalue weighted by molar-refractivity contribution is -0.137. The van der Waals surface area contributed by atoms with Gasteiger partial charge in [0.05, 0.1) is 12.2 Å². The van der Waals surface area contributed by atoms with Crippen LogP contribution in [-0.2, 0) is 9.53 Å². The molecule has 6 nitrogen and oxygen atoms in total. The molecule has 1 rings (SSSR count). The van der Waals surface area contributed by atoms with Crippen molar-refractivity contribution in [1.29, 1.82) is 0 Å². The number of amides is 1. The van der Waals surface area contributed by atoms with Crippen LogP contribution in [0, 0.1) is 5.92 Å². The number of hydrogen-bond acceptors (Lipinski definition) is 4. The first-order valence-corrected chi connectivity index (χ1v) is 6.75. The molecule has 0 radical (unpaired) electrons. The van der Waals surface area contributed by atoms with Gasteiger partial charge in [-0.1, -0.05) is 19.1 Å². The molecule has 0 heterocycles. The zero-order valence-corrected chi connectivity index (χ0v) is 12.3. The summed E-state index contributed by atoms with van der Waals surface area (Å²) < 4.78 is 10.4. The van der Waals surface area contributed by atoms with Gasteiger partial charge in [-0.05, 0) is 18.1 Å². The number of carbonyl (C=O) groups is 2. The highest BCUT2D eigenvalue weighted by Gasteiger charge is 2.14. The normalized spacial score (nSPS) is 11.7. The topological polar surface area (TPSA) is 84.9 Å². The maximum atomic E-state index is 12.1. The van der Waals surface area contributed by atoms with Crippen LogP contribution in [0.5, 0.6) is 5.75 Å². The van der Waals surface area contributed by atoms with Gasteiger partial charge in [-0.15, -0.1) is 0 Å². The van der Waals surface area contributed by atoms with Gasteiger partial charge in [0.1, 0.15) is 12.4 Å². The van der Waals surface area contributed by atoms with Crippen LogP contribution in [0.2, 0.25) is 0 Å². The van der Waals surface area contributed by atoms with Gasteiger partial charge in [0.2, 0.25) is 0 Å². The Balaban J connectivity index is 2.58. The first kappa shape index (κ1) is 17.0. The lowest BCUT2D eigenvalue weighted by Crippen LogP contribution is -2.29. The predicted molar refractivity (Wildman–Crippen MR) is 77.6 cm³/mol. The fourth-order valence-electron chi connectivity index (χ4n) is 1.75. The molecule has 1 aromatic rings. The summed E-state index contributed by atoms with van der Waals surface area (Å²) in [5.74, 6) is -0.800. The summed E-state index contributed by atoms with van der Waals surface area (Å²) in [6, 6.07) is 6.91. The van der Waals surface area contributed by atoms with Crippen molar-refractivity contribution in [1.82, 2.24) is 5.32 Å². The molecule has 6 heteroatoms. The van der Waals surface area contributed by atoms with Gasteiger partial charge in [-0.3, -0.25) is 9.59 Å². The summed E-state index contributed by atoms with van der Waals surface area (Å²) in [5, 5.41) is 11.4. The van der Waals surface area contributed by atoms with Crippen molar-refractivity contribution < 1.29 is 24.2 Å². The van der Waals surface area contributed by atoms with Crippen molar-refractivity contribution in [2.45, 2.75) is 13.3 Å². The molecule has 0 bridgehead atoms. The second kappa shape index (κ2) is 8.97. The third kappa shape index (κ3) is 6.27. The minimum absolute atomic E-state index is 0.0201. The van der Waals surface area contributed by atoms with Crippen molar-refractivity contribution in [3.05, 3.63) is 29.8 Å². The van der Waals surface area contributed by atoms with E-state index in [1.54, 1.807) is 38.3 Å². The Morgan fingerprint density at radius 1 is 1.29 bits per heavy atom. The largest absolute Gasteiger partial charge is 0.490 e. The zero-order valence-electron chi connectivity index (χ0n) is 12.3. The van der Waals surface area contributed by atoms with Gasteiger partial charge in [0, 0.05) is 20.1 Å². The molecule has 0 saturated carbocycles. The monoisotopic (exact) mass is 295 g/mol. The van der Waals surface area contributed by atoms with Crippen LogP contribution in [0.4, 0.5) is 0 Å². The Morgan fingerprint density at radius 3 is 2.67 bits per heavy atom. The number of hydrogen-bond donors (Lipinski definition) is 2. The first-order chi connectivity index (χ1) is 10.0. The van der Waals surface area contributed by atoms with Gasteiger partial charge in [0.15, 0.2) is 0 Å². The third-order valence-corrected chi connectivity index (χ3v) is 2.81. The molecule has 2 N–H and O–H groups in total. The smallest absolute Gasteiger partial charge is 0.303 e. The molecule has 0 aliphatic heterocycles. The number of ether oxygens (including phenoxy) is 2. The first-order valence-electron chi connectivity index (χ1n) is 6.75. The second-order valence-electron chi connectivity index (χ2n) is 4.75. The van der Waals surface area contributed by atoms with Gasteiger partial charge >= 0.3 is 5.97 Å². The molecule has 0 fully saturated rings. The predicted octanol–water partition coefficient (Wildman–Crippen LogP) is 1.55. The third-order valence-electron chi connectivity index (χ3n) is 2.81. The Morgan fingerprint density at radius 2 is 2.00 bits per heavy atom. The molecule has 0 spiro atoms. The summed E-state index contributed by atoms with van der Waals surface area (Å²) >= 11 is 0. The quantitative estimate of drug-likeness (QED) is 0.675. The number of rotatable bonds is 9. The highest BCUT2D eigenvalue weighted by Crippen LogP contribution is 2.17. The second-order valence-corrected chi connectivity index (χ2v) is 4.75. The van der Waals surface area contributed by atoms with Crippen LogP contribution in [0.25, 0.3) is 0 Å². The number of benzene rings is 1. The number of nitrogens with one attached hydrogen (secondary N) is 1. The van der Waals surface area contributed by atoms with E-state index in [-0.39, 0.29) is 18.2 Å². The number of carbonyl (C=O) groups excluding carboxylic acids is 1. The fraction of sp³-hybridized carbons (Fsp3) is 0.467. The van der Waals surface area contributed by atoms with Crippen LogP contribution in [-0.4, -0.2) is 43.9 Å². The van der Waals surface area contributed by atoms with E-state index in [2.05, 4.69) is 5.32 Å². The summed E-state index contributed by atoms with van der Waals surface area (Å²) in [6.45, 7) is 2.87. The highest BCUT2D eigenvalue weighted by atomic mass is 16.5. The molecule has 1 atom stereocenters. The minimum atomic E-state index is -0.875. The van der Waals surface area contributed by atoms with E-state index in [0.29, 0.717) is 31.1 Å². The Kier molecular flexibility index (Phi) is 7.25. The van der Waals surface area contributed by atoms with Crippen LogP contribution >= 0.6 is 0 Å². The maximum Gasteiger partial charge on any atom is 0.303 e. The standard InChI is InChI=1S/C15H21NO5/c1-11(9-14(17)18)10-16-15(19)12-5-3-4-6-13(12)21-8-7-20-2/h3-6,11H,7-10H2,1-2H3,(H,16,19)(H,17,18). The van der Waals surface area contributed by atoms with Crippen molar-refractivity contribution in [3.8, 4) is 5.75 Å². The number of methoxy groups -OCH3 is 1. The van der Waals surface area contributed by atoms with Crippen LogP contribution < -0.4 is 10.1 Å². The summed E-state index contributed by atoms with van der Waals surface area (Å²) in [7, 11) is 1.58. The SMILES string of the molecule is COCCOc1ccccc1C(=O)NCC(C)CC(=O)O.